The lowest BCUT2D eigenvalue weighted by atomic mass is 9.67. The highest BCUT2D eigenvalue weighted by molar-refractivity contribution is 6.31. The summed E-state index contributed by atoms with van der Waals surface area (Å²) in [5, 5.41) is 35.7. The van der Waals surface area contributed by atoms with Crippen molar-refractivity contribution in [3.8, 4) is 0 Å². The van der Waals surface area contributed by atoms with Crippen LogP contribution in [0.2, 0.25) is 10.0 Å². The Bertz CT molecular complexity index is 2870. The molecule has 3 N–H and O–H groups in total. The van der Waals surface area contributed by atoms with Gasteiger partial charge in [0.1, 0.15) is 23.3 Å². The molecule has 9 atom stereocenters. The molecular weight excluding hydrogens is 1080 g/mol. The molecule has 82 heavy (non-hydrogen) atoms. The van der Waals surface area contributed by atoms with Gasteiger partial charge in [0.25, 0.3) is 0 Å². The van der Waals surface area contributed by atoms with Crippen molar-refractivity contribution in [3.05, 3.63) is 212 Å². The number of hydrogen-bond donors (Lipinski definition) is 3. The molecule has 0 aromatic heterocycles. The van der Waals surface area contributed by atoms with E-state index in [1.165, 1.54) is 52.6 Å². The molecule has 3 aliphatic carbocycles. The summed E-state index contributed by atoms with van der Waals surface area (Å²) in [6, 6.07) is 41.3. The molecule has 0 aliphatic heterocycles. The van der Waals surface area contributed by atoms with Crippen molar-refractivity contribution in [3.63, 3.8) is 0 Å². The van der Waals surface area contributed by atoms with E-state index in [4.69, 9.17) is 23.2 Å². The summed E-state index contributed by atoms with van der Waals surface area (Å²) in [4.78, 5) is 6.42. The Morgan fingerprint density at radius 3 is 1.16 bits per heavy atom. The topological polar surface area (TPSA) is 70.4 Å². The predicted octanol–water partition coefficient (Wildman–Crippen LogP) is 14.7. The van der Waals surface area contributed by atoms with Crippen molar-refractivity contribution < 1.29 is 32.9 Å². The fourth-order valence-electron chi connectivity index (χ4n) is 13.5. The highest BCUT2D eigenvalue weighted by Crippen LogP contribution is 2.44. The van der Waals surface area contributed by atoms with Crippen LogP contribution in [0.1, 0.15) is 96.7 Å². The van der Waals surface area contributed by atoms with Gasteiger partial charge >= 0.3 is 0 Å². The van der Waals surface area contributed by atoms with Gasteiger partial charge in [0.15, 0.2) is 0 Å². The molecule has 3 aliphatic rings. The molecule has 0 radical (unpaired) electrons. The molecule has 6 aromatic rings. The van der Waals surface area contributed by atoms with Gasteiger partial charge in [0, 0.05) is 72.3 Å². The van der Waals surface area contributed by atoms with Crippen LogP contribution in [0.25, 0.3) is 0 Å². The number of aliphatic hydroxyl groups is 3. The summed E-state index contributed by atoms with van der Waals surface area (Å²) in [7, 11) is 12.3. The Morgan fingerprint density at radius 2 is 0.793 bits per heavy atom. The van der Waals surface area contributed by atoms with Crippen LogP contribution in [-0.2, 0) is 38.5 Å². The summed E-state index contributed by atoms with van der Waals surface area (Å²) >= 11 is 12.2. The number of hydrogen-bond acceptors (Lipinski definition) is 6. The minimum Gasteiger partial charge on any atom is -0.389 e. The van der Waals surface area contributed by atoms with Crippen molar-refractivity contribution in [1.29, 1.82) is 0 Å². The number of aryl methyl sites for hydroxylation is 1. The van der Waals surface area contributed by atoms with Gasteiger partial charge in [-0.2, -0.15) is 0 Å². The Morgan fingerprint density at radius 1 is 0.439 bits per heavy atom. The molecule has 9 rings (SSSR count). The molecule has 3 fully saturated rings. The number of halogens is 6. The first-order valence-electron chi connectivity index (χ1n) is 29.5. The summed E-state index contributed by atoms with van der Waals surface area (Å²) in [5.41, 5.74) is 5.11. The normalized spacial score (nSPS) is 25.5. The van der Waals surface area contributed by atoms with E-state index in [0.717, 1.165) is 113 Å². The number of rotatable bonds is 18. The van der Waals surface area contributed by atoms with E-state index in [-0.39, 0.29) is 47.4 Å². The second kappa shape index (κ2) is 29.9. The molecule has 0 saturated heterocycles. The third-order valence-electron chi connectivity index (χ3n) is 17.7. The molecule has 12 heteroatoms. The maximum Gasteiger partial charge on any atom is 0.127 e. The average Bonchev–Trinajstić information content (AvgIpc) is 3.58. The van der Waals surface area contributed by atoms with Crippen molar-refractivity contribution in [2.75, 3.05) is 61.9 Å². The highest BCUT2D eigenvalue weighted by Gasteiger charge is 2.45. The van der Waals surface area contributed by atoms with E-state index in [9.17, 15) is 32.9 Å². The molecule has 9 unspecified atom stereocenters. The third kappa shape index (κ3) is 19.5. The van der Waals surface area contributed by atoms with Crippen LogP contribution in [0.15, 0.2) is 140 Å². The van der Waals surface area contributed by atoms with Crippen LogP contribution in [0.3, 0.4) is 0 Å². The van der Waals surface area contributed by atoms with Crippen molar-refractivity contribution in [1.82, 2.24) is 14.7 Å². The van der Waals surface area contributed by atoms with Crippen LogP contribution in [0, 0.1) is 65.7 Å². The first-order valence-corrected chi connectivity index (χ1v) is 30.3. The van der Waals surface area contributed by atoms with Crippen molar-refractivity contribution in [2.24, 2.45) is 35.5 Å². The van der Waals surface area contributed by atoms with E-state index >= 15 is 0 Å². The summed E-state index contributed by atoms with van der Waals surface area (Å²) in [6.07, 6.45) is 12.3. The van der Waals surface area contributed by atoms with Crippen molar-refractivity contribution >= 4 is 23.2 Å². The van der Waals surface area contributed by atoms with Gasteiger partial charge < -0.3 is 30.0 Å². The molecule has 6 aromatic carbocycles. The van der Waals surface area contributed by atoms with Gasteiger partial charge in [-0.1, -0.05) is 108 Å². The molecular formula is C70H89Cl2F4N3O3. The van der Waals surface area contributed by atoms with Gasteiger partial charge in [-0.05, 0) is 232 Å². The van der Waals surface area contributed by atoms with E-state index in [1.54, 1.807) is 24.3 Å². The summed E-state index contributed by atoms with van der Waals surface area (Å²) in [6.45, 7) is 4.58. The summed E-state index contributed by atoms with van der Waals surface area (Å²) in [5.74, 6) is 0.973. The Hall–Kier alpha value is -4.62. The lowest BCUT2D eigenvalue weighted by Crippen LogP contribution is -2.49. The Labute approximate surface area is 497 Å². The molecule has 0 bridgehead atoms. The maximum absolute atomic E-state index is 14.3. The second-order valence-electron chi connectivity index (χ2n) is 25.4. The van der Waals surface area contributed by atoms with E-state index in [2.05, 4.69) is 74.1 Å². The first-order chi connectivity index (χ1) is 38.9. The molecule has 0 spiro atoms. The standard InChI is InChI=1S/C24H32FNO.C23H28ClF2NO.C23H29ClFNO/c1-18-5-4-6-21(13-18)16-24(27)12-11-20(15-22(24)17-26(2)3)14-19-7-9-23(25)10-8-19;1-27(2)15-18-13-17(12-16-6-8-19(25)9-7-16)10-11-23(18,28)14-20-21(24)4-3-5-22(20)26;1-26(2)16-20-14-19(13-17-5-9-22(25)10-6-17)11-12-23(20,27)15-18-3-7-21(24)8-4-18/h4-10,13,20,22,27H,11-12,14-17H2,1-3H3;3-9,17-18,28H,10-15H2,1-2H3;3-10,19-20,27H,11-16H2,1-2H3. The summed E-state index contributed by atoms with van der Waals surface area (Å²) < 4.78 is 53.8. The zero-order valence-electron chi connectivity index (χ0n) is 49.4. The minimum atomic E-state index is -0.991. The van der Waals surface area contributed by atoms with Crippen molar-refractivity contribution in [2.45, 2.75) is 120 Å². The van der Waals surface area contributed by atoms with Crippen LogP contribution < -0.4 is 0 Å². The smallest absolute Gasteiger partial charge is 0.127 e. The minimum absolute atomic E-state index is 0.0115. The van der Waals surface area contributed by atoms with Crippen LogP contribution in [0.5, 0.6) is 0 Å². The number of nitrogens with zero attached hydrogens (tertiary/aromatic N) is 3. The molecule has 0 heterocycles. The fraction of sp³-hybridized carbons (Fsp3) is 0.486. The monoisotopic (exact) mass is 1170 g/mol. The maximum atomic E-state index is 14.3. The molecule has 3 saturated carbocycles. The van der Waals surface area contributed by atoms with E-state index in [1.807, 2.05) is 74.8 Å². The molecule has 444 valence electrons. The SMILES string of the molecule is CN(C)CC1CC(Cc2ccc(F)cc2)CCC1(O)Cc1c(F)cccc1Cl.CN(C)CC1CC(Cc2ccc(F)cc2)CCC1(O)Cc1ccc(Cl)cc1.Cc1cccc(CC2(O)CCC(Cc3ccc(F)cc3)CC2CN(C)C)c1. The van der Waals surface area contributed by atoms with Gasteiger partial charge in [-0.25, -0.2) is 17.6 Å². The lowest BCUT2D eigenvalue weighted by Gasteiger charge is -2.44. The largest absolute Gasteiger partial charge is 0.389 e. The predicted molar refractivity (Wildman–Crippen MR) is 328 cm³/mol. The lowest BCUT2D eigenvalue weighted by molar-refractivity contribution is -0.0691. The van der Waals surface area contributed by atoms with E-state index in [0.29, 0.717) is 41.2 Å². The second-order valence-corrected chi connectivity index (χ2v) is 26.3. The zero-order valence-corrected chi connectivity index (χ0v) is 50.9. The molecule has 6 nitrogen and oxygen atoms in total. The Kier molecular flexibility index (Phi) is 23.7. The average molecular weight is 1170 g/mol. The van der Waals surface area contributed by atoms with Gasteiger partial charge in [0.2, 0.25) is 0 Å². The van der Waals surface area contributed by atoms with Gasteiger partial charge in [-0.3, -0.25) is 0 Å². The molecule has 0 amide bonds. The fourth-order valence-corrected chi connectivity index (χ4v) is 13.9. The zero-order chi connectivity index (χ0) is 59.2. The van der Waals surface area contributed by atoms with Gasteiger partial charge in [0.05, 0.1) is 16.8 Å². The number of benzene rings is 6. The van der Waals surface area contributed by atoms with Crippen LogP contribution >= 0.6 is 23.2 Å². The van der Waals surface area contributed by atoms with Crippen LogP contribution in [0.4, 0.5) is 17.6 Å². The first kappa shape index (κ1) is 64.9. The Balaban J connectivity index is 0.000000177. The van der Waals surface area contributed by atoms with E-state index < -0.39 is 16.8 Å². The van der Waals surface area contributed by atoms with Crippen LogP contribution in [-0.4, -0.2) is 109 Å². The quantitative estimate of drug-likeness (QED) is 0.0745. The third-order valence-corrected chi connectivity index (χ3v) is 18.3. The highest BCUT2D eigenvalue weighted by atomic mass is 35.5. The van der Waals surface area contributed by atoms with Gasteiger partial charge in [-0.15, -0.1) is 0 Å².